The van der Waals surface area contributed by atoms with E-state index in [9.17, 15) is 13.6 Å². The van der Waals surface area contributed by atoms with Crippen LogP contribution >= 0.6 is 0 Å². The maximum Gasteiger partial charge on any atom is 0.303 e. The summed E-state index contributed by atoms with van der Waals surface area (Å²) in [6.45, 7) is 2.01. The van der Waals surface area contributed by atoms with E-state index in [1.54, 1.807) is 28.8 Å². The molecular formula is C23H28F2N8O3. The van der Waals surface area contributed by atoms with Crippen molar-refractivity contribution < 1.29 is 23.2 Å². The molecule has 1 unspecified atom stereocenters. The third kappa shape index (κ3) is 5.14. The zero-order chi connectivity index (χ0) is 25.4. The van der Waals surface area contributed by atoms with Crippen molar-refractivity contribution in [1.82, 2.24) is 30.1 Å². The number of hydrogen-bond acceptors (Lipinski definition) is 9. The van der Waals surface area contributed by atoms with E-state index in [1.165, 1.54) is 0 Å². The van der Waals surface area contributed by atoms with Gasteiger partial charge in [-0.25, -0.2) is 18.4 Å². The van der Waals surface area contributed by atoms with Crippen molar-refractivity contribution in [1.29, 1.82) is 0 Å². The summed E-state index contributed by atoms with van der Waals surface area (Å²) in [5.74, 6) is -3.30. The molecule has 11 nitrogen and oxygen atoms in total. The second kappa shape index (κ2) is 9.43. The van der Waals surface area contributed by atoms with Crippen LogP contribution in [-0.4, -0.2) is 60.2 Å². The predicted octanol–water partition coefficient (Wildman–Crippen LogP) is 3.25. The number of aryl methyl sites for hydroxylation is 2. The smallest absolute Gasteiger partial charge is 0.303 e. The largest absolute Gasteiger partial charge is 0.481 e. The van der Waals surface area contributed by atoms with Gasteiger partial charge in [0.15, 0.2) is 0 Å². The minimum Gasteiger partial charge on any atom is -0.481 e. The van der Waals surface area contributed by atoms with Gasteiger partial charge in [0.1, 0.15) is 5.69 Å². The van der Waals surface area contributed by atoms with E-state index in [1.807, 2.05) is 6.92 Å². The normalized spacial score (nSPS) is 19.4. The quantitative estimate of drug-likeness (QED) is 0.449. The molecule has 2 aliphatic rings. The molecule has 2 fully saturated rings. The Morgan fingerprint density at radius 2 is 2.11 bits per heavy atom. The Bertz CT molecular complexity index is 1260. The van der Waals surface area contributed by atoms with E-state index in [2.05, 4.69) is 25.8 Å². The van der Waals surface area contributed by atoms with Crippen LogP contribution in [0.25, 0.3) is 11.4 Å². The number of alkyl halides is 2. The highest BCUT2D eigenvalue weighted by atomic mass is 19.3. The summed E-state index contributed by atoms with van der Waals surface area (Å²) in [4.78, 5) is 21.8. The molecule has 5 rings (SSSR count). The first-order valence-electron chi connectivity index (χ1n) is 12.0. The lowest BCUT2D eigenvalue weighted by atomic mass is 9.91. The number of pyridine rings is 1. The molecule has 3 aromatic heterocycles. The van der Waals surface area contributed by atoms with E-state index in [-0.39, 0.29) is 13.0 Å². The monoisotopic (exact) mass is 502 g/mol. The fourth-order valence-electron chi connectivity index (χ4n) is 4.69. The van der Waals surface area contributed by atoms with Crippen LogP contribution < -0.4 is 10.2 Å². The minimum atomic E-state index is -2.97. The minimum absolute atomic E-state index is 0.240. The summed E-state index contributed by atoms with van der Waals surface area (Å²) < 4.78 is 35.8. The van der Waals surface area contributed by atoms with Crippen LogP contribution in [0.4, 0.5) is 20.4 Å². The first-order valence-corrected chi connectivity index (χ1v) is 12.0. The molecule has 0 spiro atoms. The molecule has 0 amide bonds. The fraction of sp³-hybridized carbons (Fsp3) is 0.565. The van der Waals surface area contributed by atoms with Crippen molar-refractivity contribution in [2.75, 3.05) is 23.3 Å². The van der Waals surface area contributed by atoms with Crippen molar-refractivity contribution in [2.45, 2.75) is 57.4 Å². The average molecular weight is 503 g/mol. The van der Waals surface area contributed by atoms with Crippen LogP contribution in [0.5, 0.6) is 0 Å². The highest BCUT2D eigenvalue weighted by molar-refractivity contribution is 5.67. The van der Waals surface area contributed by atoms with Crippen molar-refractivity contribution in [2.24, 2.45) is 13.0 Å². The summed E-state index contributed by atoms with van der Waals surface area (Å²) in [6.07, 6.45) is 1.91. The van der Waals surface area contributed by atoms with Crippen molar-refractivity contribution in [3.8, 4) is 11.4 Å². The lowest BCUT2D eigenvalue weighted by Gasteiger charge is -2.39. The number of carbonyl (C=O) groups is 1. The Balaban J connectivity index is 1.37. The molecule has 4 heterocycles. The van der Waals surface area contributed by atoms with E-state index in [0.29, 0.717) is 53.5 Å². The summed E-state index contributed by atoms with van der Waals surface area (Å²) >= 11 is 0. The Hall–Kier alpha value is -3.64. The number of piperidine rings is 1. The molecule has 0 aromatic carbocycles. The number of aromatic nitrogens is 6. The SMILES string of the molecule is CCc1nc(-c2nnn(C)c2CNc2noc(C3CC3)n2)ccc1N1CC(CC(=O)O)CC(F)(F)C1. The Morgan fingerprint density at radius 3 is 2.83 bits per heavy atom. The van der Waals surface area contributed by atoms with Gasteiger partial charge in [-0.3, -0.25) is 4.79 Å². The number of hydrogen-bond donors (Lipinski definition) is 2. The van der Waals surface area contributed by atoms with Crippen molar-refractivity contribution in [3.05, 3.63) is 29.4 Å². The molecule has 0 bridgehead atoms. The van der Waals surface area contributed by atoms with Crippen molar-refractivity contribution >= 4 is 17.6 Å². The topological polar surface area (TPSA) is 135 Å². The molecular weight excluding hydrogens is 474 g/mol. The van der Waals surface area contributed by atoms with Gasteiger partial charge in [-0.2, -0.15) is 4.98 Å². The Labute approximate surface area is 205 Å². The second-order valence-corrected chi connectivity index (χ2v) is 9.51. The van der Waals surface area contributed by atoms with Gasteiger partial charge in [0.2, 0.25) is 5.89 Å². The number of halogens is 2. The number of anilines is 2. The van der Waals surface area contributed by atoms with Crippen LogP contribution in [0.2, 0.25) is 0 Å². The van der Waals surface area contributed by atoms with Crippen LogP contribution in [0.15, 0.2) is 16.7 Å². The first-order chi connectivity index (χ1) is 17.2. The number of rotatable bonds is 9. The lowest BCUT2D eigenvalue weighted by molar-refractivity contribution is -0.139. The van der Waals surface area contributed by atoms with E-state index in [4.69, 9.17) is 14.6 Å². The van der Waals surface area contributed by atoms with Gasteiger partial charge in [-0.1, -0.05) is 12.1 Å². The summed E-state index contributed by atoms with van der Waals surface area (Å²) in [5.41, 5.74) is 3.10. The van der Waals surface area contributed by atoms with Gasteiger partial charge < -0.3 is 19.8 Å². The van der Waals surface area contributed by atoms with E-state index < -0.39 is 30.8 Å². The number of aliphatic carboxylic acids is 1. The highest BCUT2D eigenvalue weighted by Crippen LogP contribution is 2.39. The predicted molar refractivity (Wildman–Crippen MR) is 125 cm³/mol. The van der Waals surface area contributed by atoms with Crippen LogP contribution in [-0.2, 0) is 24.8 Å². The third-order valence-electron chi connectivity index (χ3n) is 6.54. The molecule has 3 aromatic rings. The number of nitrogens with one attached hydrogen (secondary N) is 1. The zero-order valence-electron chi connectivity index (χ0n) is 20.1. The maximum absolute atomic E-state index is 14.5. The number of carboxylic acid groups (broad SMARTS) is 1. The van der Waals surface area contributed by atoms with Crippen LogP contribution in [0.1, 0.15) is 55.8 Å². The van der Waals surface area contributed by atoms with Crippen LogP contribution in [0, 0.1) is 5.92 Å². The summed E-state index contributed by atoms with van der Waals surface area (Å²) in [5, 5.41) is 24.6. The van der Waals surface area contributed by atoms with Gasteiger partial charge in [-0.05, 0) is 42.5 Å². The Morgan fingerprint density at radius 1 is 1.31 bits per heavy atom. The lowest BCUT2D eigenvalue weighted by Crippen LogP contribution is -2.48. The third-order valence-corrected chi connectivity index (χ3v) is 6.54. The summed E-state index contributed by atoms with van der Waals surface area (Å²) in [7, 11) is 1.77. The second-order valence-electron chi connectivity index (χ2n) is 9.51. The summed E-state index contributed by atoms with van der Waals surface area (Å²) in [6, 6.07) is 3.49. The van der Waals surface area contributed by atoms with Gasteiger partial charge >= 0.3 is 5.97 Å². The zero-order valence-corrected chi connectivity index (χ0v) is 20.1. The number of nitrogens with zero attached hydrogens (tertiary/aromatic N) is 7. The van der Waals surface area contributed by atoms with Crippen LogP contribution in [0.3, 0.4) is 0 Å². The fourth-order valence-corrected chi connectivity index (χ4v) is 4.69. The van der Waals surface area contributed by atoms with Crippen molar-refractivity contribution in [3.63, 3.8) is 0 Å². The van der Waals surface area contributed by atoms with Gasteiger partial charge in [0, 0.05) is 25.9 Å². The van der Waals surface area contributed by atoms with Gasteiger partial charge in [-0.15, -0.1) is 5.10 Å². The molecule has 1 atom stereocenters. The average Bonchev–Trinajstić information content (AvgIpc) is 3.45. The Kier molecular flexibility index (Phi) is 6.31. The molecule has 1 aliphatic carbocycles. The molecule has 13 heteroatoms. The number of carboxylic acids is 1. The molecule has 2 N–H and O–H groups in total. The first kappa shape index (κ1) is 24.1. The molecule has 1 saturated carbocycles. The maximum atomic E-state index is 14.5. The standard InChI is InChI=1S/C23H28F2N8O3/c1-3-15-17(33-11-13(8-19(34)35)9-23(24,25)12-33)7-6-16(27-15)20-18(32(2)31-29-20)10-26-22-28-21(36-30-22)14-4-5-14/h6-7,13-14H,3-5,8-12H2,1-2H3,(H,26,30)(H,34,35). The molecule has 1 saturated heterocycles. The highest BCUT2D eigenvalue weighted by Gasteiger charge is 2.41. The molecule has 36 heavy (non-hydrogen) atoms. The van der Waals surface area contributed by atoms with E-state index in [0.717, 1.165) is 18.5 Å². The van der Waals surface area contributed by atoms with E-state index >= 15 is 0 Å². The van der Waals surface area contributed by atoms with Gasteiger partial charge in [0.05, 0.1) is 42.3 Å². The molecule has 0 radical (unpaired) electrons. The molecule has 1 aliphatic heterocycles. The van der Waals surface area contributed by atoms with Gasteiger partial charge in [0.25, 0.3) is 11.9 Å². The molecule has 192 valence electrons.